The van der Waals surface area contributed by atoms with E-state index in [1.54, 1.807) is 11.9 Å². The second-order valence-electron chi connectivity index (χ2n) is 6.25. The van der Waals surface area contributed by atoms with E-state index in [9.17, 15) is 9.59 Å². The normalized spacial score (nSPS) is 11.9. The minimum absolute atomic E-state index is 0.262. The molecule has 0 aliphatic rings. The number of carboxylic acid groups (broad SMARTS) is 1. The number of likely N-dealkylation sites (N-methyl/N-ethyl adjacent to an activating group) is 1. The zero-order valence-electron chi connectivity index (χ0n) is 14.5. The van der Waals surface area contributed by atoms with Crippen molar-refractivity contribution < 1.29 is 14.7 Å². The topological polar surface area (TPSA) is 85.4 Å². The quantitative estimate of drug-likeness (QED) is 0.638. The Hall–Kier alpha value is -3.28. The van der Waals surface area contributed by atoms with Gasteiger partial charge in [-0.05, 0) is 17.2 Å². The van der Waals surface area contributed by atoms with E-state index in [0.29, 0.717) is 6.54 Å². The number of aromatic amines is 1. The van der Waals surface area contributed by atoms with Crippen LogP contribution in [-0.4, -0.2) is 40.1 Å². The van der Waals surface area contributed by atoms with Crippen molar-refractivity contribution >= 4 is 22.9 Å². The number of amides is 2. The molecule has 1 aromatic heterocycles. The molecule has 3 N–H and O–H groups in total. The summed E-state index contributed by atoms with van der Waals surface area (Å²) in [6.07, 6.45) is 0.899. The molecule has 3 rings (SSSR count). The molecule has 0 aliphatic carbocycles. The van der Waals surface area contributed by atoms with E-state index in [4.69, 9.17) is 5.11 Å². The number of para-hydroxylation sites is 1. The predicted molar refractivity (Wildman–Crippen MR) is 99.9 cm³/mol. The van der Waals surface area contributed by atoms with Crippen molar-refractivity contribution in [3.8, 4) is 0 Å². The van der Waals surface area contributed by atoms with E-state index >= 15 is 0 Å². The lowest BCUT2D eigenvalue weighted by Gasteiger charge is -2.24. The number of nitrogens with zero attached hydrogens (tertiary/aromatic N) is 1. The summed E-state index contributed by atoms with van der Waals surface area (Å²) >= 11 is 0. The van der Waals surface area contributed by atoms with Gasteiger partial charge in [-0.3, -0.25) is 4.79 Å². The van der Waals surface area contributed by atoms with Crippen LogP contribution in [0.15, 0.2) is 60.8 Å². The zero-order valence-corrected chi connectivity index (χ0v) is 14.5. The fourth-order valence-corrected chi connectivity index (χ4v) is 3.07. The van der Waals surface area contributed by atoms with Gasteiger partial charge in [0.15, 0.2) is 0 Å². The van der Waals surface area contributed by atoms with Gasteiger partial charge in [-0.15, -0.1) is 0 Å². The van der Waals surface area contributed by atoms with E-state index in [2.05, 4.69) is 10.3 Å². The molecule has 0 saturated carbocycles. The standard InChI is InChI=1S/C20H21N3O3/c1-23(13-14-7-3-2-4-8-14)19(24)18(22-20(25)26)11-15-12-21-17-10-6-5-9-16(15)17/h2-10,12,18,21-22H,11,13H2,1H3,(H,25,26). The third-order valence-electron chi connectivity index (χ3n) is 4.33. The maximum atomic E-state index is 12.8. The molecule has 3 aromatic rings. The van der Waals surface area contributed by atoms with Gasteiger partial charge in [-0.1, -0.05) is 48.5 Å². The summed E-state index contributed by atoms with van der Waals surface area (Å²) in [7, 11) is 1.68. The smallest absolute Gasteiger partial charge is 0.405 e. The summed E-state index contributed by atoms with van der Waals surface area (Å²) in [5.74, 6) is -0.262. The first-order chi connectivity index (χ1) is 12.5. The first-order valence-electron chi connectivity index (χ1n) is 8.38. The molecule has 0 fully saturated rings. The molecule has 0 saturated heterocycles. The van der Waals surface area contributed by atoms with Gasteiger partial charge in [0.05, 0.1) is 0 Å². The molecule has 0 bridgehead atoms. The first-order valence-corrected chi connectivity index (χ1v) is 8.38. The van der Waals surface area contributed by atoms with Crippen molar-refractivity contribution in [3.05, 3.63) is 71.9 Å². The van der Waals surface area contributed by atoms with E-state index in [1.807, 2.05) is 60.8 Å². The lowest BCUT2D eigenvalue weighted by Crippen LogP contribution is -2.47. The number of carbonyl (C=O) groups excluding carboxylic acids is 1. The third-order valence-corrected chi connectivity index (χ3v) is 4.33. The molecule has 0 spiro atoms. The molecular formula is C20H21N3O3. The maximum Gasteiger partial charge on any atom is 0.405 e. The molecule has 1 heterocycles. The van der Waals surface area contributed by atoms with E-state index < -0.39 is 12.1 Å². The Balaban J connectivity index is 1.78. The van der Waals surface area contributed by atoms with Crippen LogP contribution in [0.2, 0.25) is 0 Å². The fraction of sp³-hybridized carbons (Fsp3) is 0.200. The van der Waals surface area contributed by atoms with Crippen LogP contribution < -0.4 is 5.32 Å². The van der Waals surface area contributed by atoms with Gasteiger partial charge < -0.3 is 20.3 Å². The van der Waals surface area contributed by atoms with Gasteiger partial charge in [-0.25, -0.2) is 4.79 Å². The molecule has 6 heteroatoms. The van der Waals surface area contributed by atoms with Crippen LogP contribution in [0.25, 0.3) is 10.9 Å². The highest BCUT2D eigenvalue weighted by atomic mass is 16.4. The van der Waals surface area contributed by atoms with Crippen molar-refractivity contribution in [2.45, 2.75) is 19.0 Å². The number of H-pyrrole nitrogens is 1. The lowest BCUT2D eigenvalue weighted by atomic mass is 10.0. The Morgan fingerprint density at radius 1 is 1.12 bits per heavy atom. The van der Waals surface area contributed by atoms with Gasteiger partial charge in [0, 0.05) is 37.1 Å². The summed E-state index contributed by atoms with van der Waals surface area (Å²) in [5.41, 5.74) is 2.85. The van der Waals surface area contributed by atoms with Crippen molar-refractivity contribution in [1.29, 1.82) is 0 Å². The maximum absolute atomic E-state index is 12.8. The van der Waals surface area contributed by atoms with Crippen molar-refractivity contribution in [3.63, 3.8) is 0 Å². The average molecular weight is 351 g/mol. The van der Waals surface area contributed by atoms with E-state index in [-0.39, 0.29) is 12.3 Å². The lowest BCUT2D eigenvalue weighted by molar-refractivity contribution is -0.132. The van der Waals surface area contributed by atoms with Crippen LogP contribution in [0.3, 0.4) is 0 Å². The van der Waals surface area contributed by atoms with Gasteiger partial charge in [0.25, 0.3) is 0 Å². The molecule has 2 amide bonds. The molecule has 1 unspecified atom stereocenters. The summed E-state index contributed by atoms with van der Waals surface area (Å²) in [6, 6.07) is 16.5. The third kappa shape index (κ3) is 4.03. The SMILES string of the molecule is CN(Cc1ccccc1)C(=O)C(Cc1c[nH]c2ccccc12)NC(=O)O. The minimum atomic E-state index is -1.21. The van der Waals surface area contributed by atoms with Gasteiger partial charge >= 0.3 is 6.09 Å². The number of fused-ring (bicyclic) bond motifs is 1. The number of hydrogen-bond acceptors (Lipinski definition) is 2. The molecule has 6 nitrogen and oxygen atoms in total. The second kappa shape index (κ2) is 7.74. The largest absolute Gasteiger partial charge is 0.465 e. The Morgan fingerprint density at radius 3 is 2.54 bits per heavy atom. The predicted octanol–water partition coefficient (Wildman–Crippen LogP) is 3.01. The van der Waals surface area contributed by atoms with Gasteiger partial charge in [-0.2, -0.15) is 0 Å². The van der Waals surface area contributed by atoms with Gasteiger partial charge in [0.2, 0.25) is 5.91 Å². The van der Waals surface area contributed by atoms with Crippen LogP contribution in [0, 0.1) is 0 Å². The molecular weight excluding hydrogens is 330 g/mol. The van der Waals surface area contributed by atoms with Crippen LogP contribution in [0.4, 0.5) is 4.79 Å². The van der Waals surface area contributed by atoms with Crippen LogP contribution in [-0.2, 0) is 17.8 Å². The molecule has 1 atom stereocenters. The molecule has 134 valence electrons. The summed E-state index contributed by atoms with van der Waals surface area (Å²) < 4.78 is 0. The number of carbonyl (C=O) groups is 2. The summed E-state index contributed by atoms with van der Waals surface area (Å²) in [6.45, 7) is 0.422. The molecule has 0 radical (unpaired) electrons. The number of benzene rings is 2. The van der Waals surface area contributed by atoms with E-state index in [0.717, 1.165) is 22.0 Å². The first kappa shape index (κ1) is 17.5. The van der Waals surface area contributed by atoms with Crippen molar-refractivity contribution in [2.24, 2.45) is 0 Å². The van der Waals surface area contributed by atoms with Crippen molar-refractivity contribution in [1.82, 2.24) is 15.2 Å². The molecule has 26 heavy (non-hydrogen) atoms. The highest BCUT2D eigenvalue weighted by Crippen LogP contribution is 2.19. The Kier molecular flexibility index (Phi) is 5.22. The highest BCUT2D eigenvalue weighted by molar-refractivity contribution is 5.88. The Bertz CT molecular complexity index is 905. The average Bonchev–Trinajstić information content (AvgIpc) is 3.04. The number of rotatable bonds is 6. The zero-order chi connectivity index (χ0) is 18.5. The Morgan fingerprint density at radius 2 is 1.81 bits per heavy atom. The summed E-state index contributed by atoms with van der Waals surface area (Å²) in [5, 5.41) is 12.5. The van der Waals surface area contributed by atoms with Crippen molar-refractivity contribution in [2.75, 3.05) is 7.05 Å². The Labute approximate surface area is 151 Å². The fourth-order valence-electron chi connectivity index (χ4n) is 3.07. The minimum Gasteiger partial charge on any atom is -0.465 e. The monoisotopic (exact) mass is 351 g/mol. The van der Waals surface area contributed by atoms with Crippen LogP contribution in [0.5, 0.6) is 0 Å². The van der Waals surface area contributed by atoms with Crippen LogP contribution >= 0.6 is 0 Å². The number of hydrogen-bond donors (Lipinski definition) is 3. The molecule has 2 aromatic carbocycles. The van der Waals surface area contributed by atoms with E-state index in [1.165, 1.54) is 0 Å². The number of aromatic nitrogens is 1. The van der Waals surface area contributed by atoms with Crippen LogP contribution in [0.1, 0.15) is 11.1 Å². The second-order valence-corrected chi connectivity index (χ2v) is 6.25. The molecule has 0 aliphatic heterocycles. The van der Waals surface area contributed by atoms with Gasteiger partial charge in [0.1, 0.15) is 6.04 Å². The highest BCUT2D eigenvalue weighted by Gasteiger charge is 2.25. The summed E-state index contributed by atoms with van der Waals surface area (Å²) in [4.78, 5) is 28.7. The number of nitrogens with one attached hydrogen (secondary N) is 2.